The quantitative estimate of drug-likeness (QED) is 0.813. The largest absolute Gasteiger partial charge is 0.346 e. The maximum absolute atomic E-state index is 11.9. The molecule has 17 heavy (non-hydrogen) atoms. The molecule has 0 spiro atoms. The third-order valence-corrected chi connectivity index (χ3v) is 3.28. The normalized spacial score (nSPS) is 18.9. The summed E-state index contributed by atoms with van der Waals surface area (Å²) in [6.07, 6.45) is 0. The van der Waals surface area contributed by atoms with E-state index in [1.807, 2.05) is 32.0 Å². The summed E-state index contributed by atoms with van der Waals surface area (Å²) in [4.78, 5) is 19.1. The number of hydroxylamine groups is 2. The molecule has 0 unspecified atom stereocenters. The summed E-state index contributed by atoms with van der Waals surface area (Å²) in [6.45, 7) is 4.04. The van der Waals surface area contributed by atoms with Crippen molar-refractivity contribution in [2.45, 2.75) is 26.1 Å². The Bertz CT molecular complexity index is 448. The molecule has 4 nitrogen and oxygen atoms in total. The van der Waals surface area contributed by atoms with E-state index in [1.165, 1.54) is 5.06 Å². The third kappa shape index (κ3) is 2.23. The van der Waals surface area contributed by atoms with E-state index in [2.05, 4.69) is 0 Å². The Kier molecular flexibility index (Phi) is 3.02. The van der Waals surface area contributed by atoms with Crippen molar-refractivity contribution in [2.75, 3.05) is 7.05 Å². The summed E-state index contributed by atoms with van der Waals surface area (Å²) in [6, 6.07) is 7.26. The van der Waals surface area contributed by atoms with E-state index in [0.29, 0.717) is 11.6 Å². The molecule has 0 radical (unpaired) electrons. The highest BCUT2D eigenvalue weighted by atomic mass is 35.5. The van der Waals surface area contributed by atoms with Crippen LogP contribution in [0.15, 0.2) is 24.3 Å². The van der Waals surface area contributed by atoms with Crippen LogP contribution in [-0.4, -0.2) is 28.8 Å². The van der Waals surface area contributed by atoms with Gasteiger partial charge in [-0.05, 0) is 25.5 Å². The molecule has 2 rings (SSSR count). The smallest absolute Gasteiger partial charge is 0.296 e. The molecule has 1 aliphatic heterocycles. The summed E-state index contributed by atoms with van der Waals surface area (Å²) in [5.41, 5.74) is 0.256. The number of nitrogens with zero attached hydrogens (tertiary/aromatic N) is 2. The molecule has 0 aromatic heterocycles. The first-order valence-electron chi connectivity index (χ1n) is 5.39. The van der Waals surface area contributed by atoms with Crippen molar-refractivity contribution in [3.05, 3.63) is 34.9 Å². The predicted octanol–water partition coefficient (Wildman–Crippen LogP) is 2.88. The van der Waals surface area contributed by atoms with Gasteiger partial charge in [0.15, 0.2) is 5.72 Å². The highest BCUT2D eigenvalue weighted by Gasteiger charge is 2.42. The highest BCUT2D eigenvalue weighted by Crippen LogP contribution is 2.28. The number of carbonyl (C=O) groups excluding carboxylic acids is 1. The molecule has 2 amide bonds. The van der Waals surface area contributed by atoms with Gasteiger partial charge in [0.2, 0.25) is 0 Å². The Hall–Kier alpha value is -1.26. The Labute approximate surface area is 106 Å². The van der Waals surface area contributed by atoms with Crippen molar-refractivity contribution < 1.29 is 9.63 Å². The molecule has 0 aliphatic carbocycles. The van der Waals surface area contributed by atoms with E-state index in [0.717, 1.165) is 5.56 Å². The van der Waals surface area contributed by atoms with E-state index in [4.69, 9.17) is 16.4 Å². The Morgan fingerprint density at radius 3 is 2.53 bits per heavy atom. The van der Waals surface area contributed by atoms with E-state index in [-0.39, 0.29) is 6.03 Å². The number of halogens is 1. The molecule has 0 N–H and O–H groups in total. The van der Waals surface area contributed by atoms with Crippen LogP contribution in [0.2, 0.25) is 5.02 Å². The van der Waals surface area contributed by atoms with E-state index >= 15 is 0 Å². The van der Waals surface area contributed by atoms with Gasteiger partial charge in [-0.3, -0.25) is 4.90 Å². The van der Waals surface area contributed by atoms with Crippen molar-refractivity contribution in [1.29, 1.82) is 0 Å². The summed E-state index contributed by atoms with van der Waals surface area (Å²) >= 11 is 6.05. The fourth-order valence-electron chi connectivity index (χ4n) is 1.65. The maximum atomic E-state index is 11.9. The minimum atomic E-state index is -0.613. The molecule has 1 aliphatic rings. The van der Waals surface area contributed by atoms with Crippen LogP contribution in [0.3, 0.4) is 0 Å². The molecular weight excluding hydrogens is 240 g/mol. The number of amides is 2. The van der Waals surface area contributed by atoms with Crippen LogP contribution in [0, 0.1) is 0 Å². The topological polar surface area (TPSA) is 32.8 Å². The number of carbonyl (C=O) groups is 1. The molecular formula is C12H15ClN2O2. The Balaban J connectivity index is 2.17. The number of rotatable bonds is 2. The molecule has 1 aromatic rings. The number of urea groups is 1. The van der Waals surface area contributed by atoms with Gasteiger partial charge in [-0.25, -0.2) is 9.63 Å². The fraction of sp³-hybridized carbons (Fsp3) is 0.417. The fourth-order valence-corrected chi connectivity index (χ4v) is 1.84. The molecule has 1 saturated heterocycles. The van der Waals surface area contributed by atoms with Crippen LogP contribution in [0.4, 0.5) is 4.79 Å². The van der Waals surface area contributed by atoms with Crippen LogP contribution in [0.25, 0.3) is 0 Å². The molecule has 0 bridgehead atoms. The van der Waals surface area contributed by atoms with Crippen molar-refractivity contribution >= 4 is 17.6 Å². The van der Waals surface area contributed by atoms with Gasteiger partial charge >= 0.3 is 6.03 Å². The molecule has 5 heteroatoms. The molecule has 1 heterocycles. The van der Waals surface area contributed by atoms with E-state index in [1.54, 1.807) is 18.0 Å². The lowest BCUT2D eigenvalue weighted by Gasteiger charge is -2.22. The third-order valence-electron chi connectivity index (χ3n) is 2.91. The minimum Gasteiger partial charge on any atom is -0.296 e. The minimum absolute atomic E-state index is 0.157. The zero-order chi connectivity index (χ0) is 12.6. The first-order valence-corrected chi connectivity index (χ1v) is 5.77. The monoisotopic (exact) mass is 254 g/mol. The van der Waals surface area contributed by atoms with Gasteiger partial charge in [0.05, 0.1) is 6.54 Å². The molecule has 0 saturated carbocycles. The predicted molar refractivity (Wildman–Crippen MR) is 65.3 cm³/mol. The standard InChI is InChI=1S/C12H15ClN2O2/c1-12(2)14(3)11(16)15(17-12)8-9-6-4-5-7-10(9)13/h4-7H,8H2,1-3H3. The first kappa shape index (κ1) is 12.2. The molecule has 1 fully saturated rings. The number of hydrogen-bond acceptors (Lipinski definition) is 2. The highest BCUT2D eigenvalue weighted by molar-refractivity contribution is 6.31. The second-order valence-corrected chi connectivity index (χ2v) is 4.91. The van der Waals surface area contributed by atoms with Gasteiger partial charge in [0.25, 0.3) is 0 Å². The molecule has 92 valence electrons. The zero-order valence-corrected chi connectivity index (χ0v) is 10.9. The van der Waals surface area contributed by atoms with Crippen molar-refractivity contribution in [3.8, 4) is 0 Å². The lowest BCUT2D eigenvalue weighted by molar-refractivity contribution is -0.188. The summed E-state index contributed by atoms with van der Waals surface area (Å²) in [5, 5.41) is 1.97. The van der Waals surface area contributed by atoms with Crippen LogP contribution in [0.5, 0.6) is 0 Å². The Morgan fingerprint density at radius 1 is 1.35 bits per heavy atom. The van der Waals surface area contributed by atoms with Crippen LogP contribution < -0.4 is 0 Å². The van der Waals surface area contributed by atoms with Gasteiger partial charge in [-0.15, -0.1) is 0 Å². The van der Waals surface area contributed by atoms with Crippen molar-refractivity contribution in [3.63, 3.8) is 0 Å². The van der Waals surface area contributed by atoms with Crippen molar-refractivity contribution in [1.82, 2.24) is 9.96 Å². The molecule has 1 aromatic carbocycles. The lowest BCUT2D eigenvalue weighted by Crippen LogP contribution is -2.37. The van der Waals surface area contributed by atoms with Crippen LogP contribution in [-0.2, 0) is 11.4 Å². The van der Waals surface area contributed by atoms with Gasteiger partial charge in [0.1, 0.15) is 0 Å². The van der Waals surface area contributed by atoms with Crippen LogP contribution in [0.1, 0.15) is 19.4 Å². The summed E-state index contributed by atoms with van der Waals surface area (Å²) in [5.74, 6) is 0. The first-order chi connectivity index (χ1) is 7.92. The van der Waals surface area contributed by atoms with E-state index < -0.39 is 5.72 Å². The Morgan fingerprint density at radius 2 is 2.00 bits per heavy atom. The van der Waals surface area contributed by atoms with Crippen LogP contribution >= 0.6 is 11.6 Å². The second kappa shape index (κ2) is 4.20. The van der Waals surface area contributed by atoms with Gasteiger partial charge < -0.3 is 0 Å². The average Bonchev–Trinajstić information content (AvgIpc) is 2.46. The lowest BCUT2D eigenvalue weighted by atomic mass is 10.2. The van der Waals surface area contributed by atoms with Gasteiger partial charge in [0, 0.05) is 12.1 Å². The average molecular weight is 255 g/mol. The van der Waals surface area contributed by atoms with E-state index in [9.17, 15) is 4.79 Å². The summed E-state index contributed by atoms with van der Waals surface area (Å²) in [7, 11) is 1.72. The van der Waals surface area contributed by atoms with Gasteiger partial charge in [-0.2, -0.15) is 5.06 Å². The SMILES string of the molecule is CN1C(=O)N(Cc2ccccc2Cl)OC1(C)C. The van der Waals surface area contributed by atoms with Gasteiger partial charge in [-0.1, -0.05) is 29.8 Å². The zero-order valence-electron chi connectivity index (χ0n) is 10.1. The van der Waals surface area contributed by atoms with Crippen molar-refractivity contribution in [2.24, 2.45) is 0 Å². The summed E-state index contributed by atoms with van der Waals surface area (Å²) < 4.78 is 0. The molecule has 0 atom stereocenters. The second-order valence-electron chi connectivity index (χ2n) is 4.51. The number of benzene rings is 1. The number of hydrogen-bond donors (Lipinski definition) is 0. The maximum Gasteiger partial charge on any atom is 0.346 e.